The molecule has 9 heteroatoms. The first-order valence-electron chi connectivity index (χ1n) is 5.50. The van der Waals surface area contributed by atoms with Crippen LogP contribution in [0.15, 0.2) is 35.4 Å². The Balaban J connectivity index is 2.31. The van der Waals surface area contributed by atoms with Gasteiger partial charge in [-0.15, -0.1) is 0 Å². The van der Waals surface area contributed by atoms with Gasteiger partial charge in [-0.2, -0.15) is 13.2 Å². The number of alkyl halides is 3. The number of nitrogens with one attached hydrogen (secondary N) is 2. The van der Waals surface area contributed by atoms with Crippen molar-refractivity contribution >= 4 is 23.2 Å². The van der Waals surface area contributed by atoms with E-state index in [0.29, 0.717) is 12.3 Å². The summed E-state index contributed by atoms with van der Waals surface area (Å²) in [5, 5.41) is 2.14. The van der Waals surface area contributed by atoms with Gasteiger partial charge < -0.3 is 10.3 Å². The van der Waals surface area contributed by atoms with Crippen molar-refractivity contribution in [2.24, 2.45) is 0 Å². The average molecular weight is 318 g/mol. The maximum absolute atomic E-state index is 12.6. The van der Waals surface area contributed by atoms with Crippen LogP contribution in [0.3, 0.4) is 0 Å². The molecule has 0 bridgehead atoms. The second-order valence-corrected chi connectivity index (χ2v) is 4.34. The molecular formula is C12H7ClF3N3O2. The minimum atomic E-state index is -4.64. The number of aromatic amines is 1. The highest BCUT2D eigenvalue weighted by Crippen LogP contribution is 2.29. The quantitative estimate of drug-likeness (QED) is 0.836. The zero-order valence-corrected chi connectivity index (χ0v) is 10.9. The van der Waals surface area contributed by atoms with Crippen molar-refractivity contribution in [3.8, 4) is 0 Å². The van der Waals surface area contributed by atoms with E-state index < -0.39 is 28.9 Å². The van der Waals surface area contributed by atoms with Gasteiger partial charge in [0.25, 0.3) is 11.5 Å². The van der Waals surface area contributed by atoms with Gasteiger partial charge in [0.05, 0.1) is 5.56 Å². The predicted molar refractivity (Wildman–Crippen MR) is 69.3 cm³/mol. The van der Waals surface area contributed by atoms with Gasteiger partial charge in [0.15, 0.2) is 0 Å². The third-order valence-corrected chi connectivity index (χ3v) is 2.67. The van der Waals surface area contributed by atoms with Gasteiger partial charge in [-0.3, -0.25) is 9.59 Å². The summed E-state index contributed by atoms with van der Waals surface area (Å²) in [7, 11) is 0. The number of carbonyl (C=O) groups excluding carboxylic acids is 1. The largest absolute Gasteiger partial charge is 0.417 e. The maximum Gasteiger partial charge on any atom is 0.417 e. The summed E-state index contributed by atoms with van der Waals surface area (Å²) in [6.45, 7) is 0. The predicted octanol–water partition coefficient (Wildman–Crippen LogP) is 2.69. The summed E-state index contributed by atoms with van der Waals surface area (Å²) in [5.41, 5.74) is -2.38. The Hall–Kier alpha value is -2.35. The second-order valence-electron chi connectivity index (χ2n) is 3.95. The van der Waals surface area contributed by atoms with Crippen molar-refractivity contribution < 1.29 is 18.0 Å². The molecule has 2 rings (SSSR count). The van der Waals surface area contributed by atoms with Gasteiger partial charge in [-0.25, -0.2) is 4.98 Å². The van der Waals surface area contributed by atoms with E-state index in [4.69, 9.17) is 11.6 Å². The number of pyridine rings is 2. The summed E-state index contributed by atoms with van der Waals surface area (Å²) < 4.78 is 37.7. The number of anilines is 1. The topological polar surface area (TPSA) is 74.8 Å². The molecule has 0 spiro atoms. The molecule has 0 aliphatic rings. The van der Waals surface area contributed by atoms with Crippen LogP contribution in [-0.4, -0.2) is 15.9 Å². The van der Waals surface area contributed by atoms with Gasteiger partial charge in [0.2, 0.25) is 0 Å². The number of hydrogen-bond acceptors (Lipinski definition) is 3. The van der Waals surface area contributed by atoms with Gasteiger partial charge in [0.1, 0.15) is 10.8 Å². The lowest BCUT2D eigenvalue weighted by molar-refractivity contribution is -0.137. The van der Waals surface area contributed by atoms with Crippen molar-refractivity contribution in [1.82, 2.24) is 9.97 Å². The van der Waals surface area contributed by atoms with E-state index in [0.717, 1.165) is 0 Å². The number of hydrogen-bond donors (Lipinski definition) is 2. The lowest BCUT2D eigenvalue weighted by atomic mass is 10.2. The van der Waals surface area contributed by atoms with Crippen LogP contribution in [0.4, 0.5) is 18.9 Å². The van der Waals surface area contributed by atoms with Crippen LogP contribution in [0.1, 0.15) is 15.9 Å². The molecule has 0 radical (unpaired) electrons. The summed E-state index contributed by atoms with van der Waals surface area (Å²) in [6.07, 6.45) is -2.85. The monoisotopic (exact) mass is 317 g/mol. The van der Waals surface area contributed by atoms with Gasteiger partial charge in [-0.05, 0) is 18.2 Å². The number of aromatic nitrogens is 2. The number of nitrogens with zero attached hydrogens (tertiary/aromatic N) is 1. The second kappa shape index (κ2) is 5.57. The molecular weight excluding hydrogens is 311 g/mol. The SMILES string of the molecule is O=C(Nc1cc(C(F)(F)F)c[nH]c1=O)c1ccnc(Cl)c1. The Morgan fingerprint density at radius 1 is 1.33 bits per heavy atom. The minimum Gasteiger partial charge on any atom is -0.327 e. The van der Waals surface area contributed by atoms with Crippen LogP contribution < -0.4 is 10.9 Å². The smallest absolute Gasteiger partial charge is 0.327 e. The molecule has 110 valence electrons. The molecule has 0 aliphatic carbocycles. The van der Waals surface area contributed by atoms with E-state index in [9.17, 15) is 22.8 Å². The van der Waals surface area contributed by atoms with E-state index >= 15 is 0 Å². The van der Waals surface area contributed by atoms with Crippen LogP contribution in [-0.2, 0) is 6.18 Å². The molecule has 2 N–H and O–H groups in total. The molecule has 0 saturated heterocycles. The summed E-state index contributed by atoms with van der Waals surface area (Å²) in [4.78, 5) is 28.9. The molecule has 2 heterocycles. The summed E-state index contributed by atoms with van der Waals surface area (Å²) in [6, 6.07) is 3.08. The van der Waals surface area contributed by atoms with Crippen LogP contribution in [0.2, 0.25) is 5.15 Å². The third-order valence-electron chi connectivity index (χ3n) is 2.47. The molecule has 2 aromatic rings. The number of amides is 1. The van der Waals surface area contributed by atoms with Crippen molar-refractivity contribution in [3.05, 3.63) is 57.2 Å². The Labute approximate surface area is 120 Å². The van der Waals surface area contributed by atoms with Crippen LogP contribution in [0.25, 0.3) is 0 Å². The fourth-order valence-corrected chi connectivity index (χ4v) is 1.65. The van der Waals surface area contributed by atoms with Crippen LogP contribution in [0, 0.1) is 0 Å². The first-order chi connectivity index (χ1) is 9.77. The van der Waals surface area contributed by atoms with Gasteiger partial charge >= 0.3 is 6.18 Å². The molecule has 5 nitrogen and oxygen atoms in total. The highest BCUT2D eigenvalue weighted by atomic mass is 35.5. The Morgan fingerprint density at radius 2 is 2.05 bits per heavy atom. The highest BCUT2D eigenvalue weighted by molar-refractivity contribution is 6.29. The average Bonchev–Trinajstić information content (AvgIpc) is 2.40. The summed E-state index contributed by atoms with van der Waals surface area (Å²) in [5.74, 6) is -0.774. The van der Waals surface area contributed by atoms with Gasteiger partial charge in [-0.1, -0.05) is 11.6 Å². The van der Waals surface area contributed by atoms with E-state index in [1.807, 2.05) is 4.98 Å². The number of halogens is 4. The lowest BCUT2D eigenvalue weighted by Crippen LogP contribution is -2.21. The highest BCUT2D eigenvalue weighted by Gasteiger charge is 2.31. The Kier molecular flexibility index (Phi) is 3.99. The van der Waals surface area contributed by atoms with Crippen molar-refractivity contribution in [3.63, 3.8) is 0 Å². The summed E-state index contributed by atoms with van der Waals surface area (Å²) >= 11 is 5.60. The molecule has 21 heavy (non-hydrogen) atoms. The van der Waals surface area contributed by atoms with E-state index in [-0.39, 0.29) is 10.7 Å². The molecule has 0 fully saturated rings. The first-order valence-corrected chi connectivity index (χ1v) is 5.88. The van der Waals surface area contributed by atoms with Crippen LogP contribution in [0.5, 0.6) is 0 Å². The third kappa shape index (κ3) is 3.60. The van der Waals surface area contributed by atoms with E-state index in [2.05, 4.69) is 10.3 Å². The molecule has 0 unspecified atom stereocenters. The molecule has 0 aromatic carbocycles. The Bertz CT molecular complexity index is 743. The molecule has 0 atom stereocenters. The lowest BCUT2D eigenvalue weighted by Gasteiger charge is -2.09. The molecule has 2 aromatic heterocycles. The fourth-order valence-electron chi connectivity index (χ4n) is 1.48. The number of H-pyrrole nitrogens is 1. The molecule has 1 amide bonds. The number of carbonyl (C=O) groups is 1. The van der Waals surface area contributed by atoms with Crippen molar-refractivity contribution in [2.45, 2.75) is 6.18 Å². The minimum absolute atomic E-state index is 0.0422. The van der Waals surface area contributed by atoms with Crippen molar-refractivity contribution in [1.29, 1.82) is 0 Å². The van der Waals surface area contributed by atoms with E-state index in [1.54, 1.807) is 0 Å². The zero-order valence-electron chi connectivity index (χ0n) is 10.2. The van der Waals surface area contributed by atoms with E-state index in [1.165, 1.54) is 18.3 Å². The molecule has 0 saturated carbocycles. The molecule has 0 aliphatic heterocycles. The van der Waals surface area contributed by atoms with Crippen molar-refractivity contribution in [2.75, 3.05) is 5.32 Å². The first kappa shape index (κ1) is 15.0. The number of rotatable bonds is 2. The maximum atomic E-state index is 12.6. The fraction of sp³-hybridized carbons (Fsp3) is 0.0833. The normalized spacial score (nSPS) is 11.2. The Morgan fingerprint density at radius 3 is 2.67 bits per heavy atom. The van der Waals surface area contributed by atoms with Crippen LogP contribution >= 0.6 is 11.6 Å². The standard InChI is InChI=1S/C12H7ClF3N3O2/c13-9-3-6(1-2-17-9)10(20)19-8-4-7(12(14,15)16)5-18-11(8)21/h1-5H,(H,18,21)(H,19,20). The van der Waals surface area contributed by atoms with Gasteiger partial charge in [0, 0.05) is 18.0 Å². The zero-order chi connectivity index (χ0) is 15.6.